The Labute approximate surface area is 105 Å². The van der Waals surface area contributed by atoms with Crippen LogP contribution in [0.2, 0.25) is 0 Å². The third-order valence-corrected chi connectivity index (χ3v) is 3.63. The van der Waals surface area contributed by atoms with Crippen LogP contribution in [0.5, 0.6) is 0 Å². The minimum atomic E-state index is -0.201. The van der Waals surface area contributed by atoms with Crippen LogP contribution in [0.4, 0.5) is 4.39 Å². The molecule has 0 radical (unpaired) electrons. The molecule has 0 aliphatic carbocycles. The van der Waals surface area contributed by atoms with Crippen molar-refractivity contribution in [2.24, 2.45) is 0 Å². The predicted octanol–water partition coefficient (Wildman–Crippen LogP) is 3.29. The molecule has 1 aromatic heterocycles. The van der Waals surface area contributed by atoms with E-state index in [4.69, 9.17) is 0 Å². The van der Waals surface area contributed by atoms with E-state index in [2.05, 4.69) is 10.3 Å². The van der Waals surface area contributed by atoms with Crippen molar-refractivity contribution in [3.63, 3.8) is 0 Å². The largest absolute Gasteiger partial charge is 0.306 e. The van der Waals surface area contributed by atoms with Crippen molar-refractivity contribution in [2.45, 2.75) is 19.9 Å². The fourth-order valence-electron chi connectivity index (χ4n) is 1.84. The second-order valence-corrected chi connectivity index (χ2v) is 4.73. The molecule has 1 unspecified atom stereocenters. The number of thiazole rings is 1. The Kier molecular flexibility index (Phi) is 3.86. The normalized spacial score (nSPS) is 12.6. The van der Waals surface area contributed by atoms with Crippen molar-refractivity contribution in [3.8, 4) is 0 Å². The molecule has 17 heavy (non-hydrogen) atoms. The summed E-state index contributed by atoms with van der Waals surface area (Å²) in [5.41, 5.74) is 3.78. The van der Waals surface area contributed by atoms with E-state index in [0.717, 1.165) is 22.7 Å². The average molecular weight is 250 g/mol. The molecule has 2 aromatic rings. The van der Waals surface area contributed by atoms with E-state index in [1.54, 1.807) is 23.5 Å². The van der Waals surface area contributed by atoms with Gasteiger partial charge in [-0.15, -0.1) is 11.3 Å². The van der Waals surface area contributed by atoms with E-state index < -0.39 is 0 Å². The molecule has 0 fully saturated rings. The fourth-order valence-corrected chi connectivity index (χ4v) is 2.74. The molecule has 0 aliphatic rings. The van der Waals surface area contributed by atoms with Crippen LogP contribution in [0.15, 0.2) is 29.8 Å². The standard InChI is InChI=1S/C13H15FN2S/c1-3-15-12(13-9(2)16-8-17-13)10-5-4-6-11(14)7-10/h4-8,12,15H,3H2,1-2H3. The molecule has 1 N–H and O–H groups in total. The minimum Gasteiger partial charge on any atom is -0.306 e. The Hall–Kier alpha value is -1.26. The zero-order valence-electron chi connectivity index (χ0n) is 9.90. The molecule has 4 heteroatoms. The maximum atomic E-state index is 13.3. The average Bonchev–Trinajstić information content (AvgIpc) is 2.72. The van der Waals surface area contributed by atoms with Gasteiger partial charge in [0.1, 0.15) is 5.82 Å². The summed E-state index contributed by atoms with van der Waals surface area (Å²) in [7, 11) is 0. The van der Waals surface area contributed by atoms with Crippen LogP contribution >= 0.6 is 11.3 Å². The first-order valence-corrected chi connectivity index (χ1v) is 6.49. The van der Waals surface area contributed by atoms with Gasteiger partial charge in [0, 0.05) is 4.88 Å². The van der Waals surface area contributed by atoms with Gasteiger partial charge in [-0.1, -0.05) is 19.1 Å². The van der Waals surface area contributed by atoms with Crippen molar-refractivity contribution >= 4 is 11.3 Å². The van der Waals surface area contributed by atoms with E-state index in [-0.39, 0.29) is 11.9 Å². The summed E-state index contributed by atoms with van der Waals surface area (Å²) in [5, 5.41) is 3.37. The number of hydrogen-bond donors (Lipinski definition) is 1. The molecule has 0 saturated heterocycles. The summed E-state index contributed by atoms with van der Waals surface area (Å²) < 4.78 is 13.3. The highest BCUT2D eigenvalue weighted by Crippen LogP contribution is 2.28. The van der Waals surface area contributed by atoms with Crippen LogP contribution in [0.25, 0.3) is 0 Å². The van der Waals surface area contributed by atoms with Crippen LogP contribution in [0, 0.1) is 12.7 Å². The van der Waals surface area contributed by atoms with Crippen molar-refractivity contribution in [3.05, 3.63) is 51.7 Å². The third kappa shape index (κ3) is 2.70. The maximum absolute atomic E-state index is 13.3. The van der Waals surface area contributed by atoms with Gasteiger partial charge in [-0.05, 0) is 31.2 Å². The third-order valence-electron chi connectivity index (χ3n) is 2.64. The highest BCUT2D eigenvalue weighted by atomic mass is 32.1. The predicted molar refractivity (Wildman–Crippen MR) is 68.8 cm³/mol. The second kappa shape index (κ2) is 5.38. The molecule has 2 nitrogen and oxygen atoms in total. The summed E-state index contributed by atoms with van der Waals surface area (Å²) in [6.45, 7) is 4.86. The second-order valence-electron chi connectivity index (χ2n) is 3.85. The molecule has 1 aromatic carbocycles. The topological polar surface area (TPSA) is 24.9 Å². The van der Waals surface area contributed by atoms with Gasteiger partial charge >= 0.3 is 0 Å². The molecular formula is C13H15FN2S. The molecule has 0 spiro atoms. The smallest absolute Gasteiger partial charge is 0.123 e. The number of hydrogen-bond acceptors (Lipinski definition) is 3. The molecule has 0 saturated carbocycles. The zero-order valence-corrected chi connectivity index (χ0v) is 10.7. The van der Waals surface area contributed by atoms with Crippen LogP contribution in [0.3, 0.4) is 0 Å². The lowest BCUT2D eigenvalue weighted by Gasteiger charge is -2.17. The number of nitrogens with zero attached hydrogens (tertiary/aromatic N) is 1. The molecule has 0 aliphatic heterocycles. The molecule has 0 amide bonds. The Balaban J connectivity index is 2.39. The summed E-state index contributed by atoms with van der Waals surface area (Å²) >= 11 is 1.60. The molecule has 2 rings (SSSR count). The lowest BCUT2D eigenvalue weighted by molar-refractivity contribution is 0.605. The number of aromatic nitrogens is 1. The van der Waals surface area contributed by atoms with Crippen LogP contribution in [-0.2, 0) is 0 Å². The van der Waals surface area contributed by atoms with Gasteiger partial charge in [0.25, 0.3) is 0 Å². The van der Waals surface area contributed by atoms with Gasteiger partial charge in [0.15, 0.2) is 0 Å². The first-order chi connectivity index (χ1) is 8.22. The summed E-state index contributed by atoms with van der Waals surface area (Å²) in [6.07, 6.45) is 0. The summed E-state index contributed by atoms with van der Waals surface area (Å²) in [5.74, 6) is -0.201. The first kappa shape index (κ1) is 12.2. The van der Waals surface area contributed by atoms with Gasteiger partial charge in [-0.3, -0.25) is 0 Å². The Morgan fingerprint density at radius 3 is 2.88 bits per heavy atom. The minimum absolute atomic E-state index is 0.0307. The Morgan fingerprint density at radius 2 is 2.29 bits per heavy atom. The van der Waals surface area contributed by atoms with E-state index in [1.165, 1.54) is 6.07 Å². The molecule has 0 bridgehead atoms. The van der Waals surface area contributed by atoms with E-state index in [1.807, 2.05) is 25.4 Å². The molecule has 1 heterocycles. The zero-order chi connectivity index (χ0) is 12.3. The van der Waals surface area contributed by atoms with Crippen molar-refractivity contribution < 1.29 is 4.39 Å². The van der Waals surface area contributed by atoms with E-state index >= 15 is 0 Å². The highest BCUT2D eigenvalue weighted by Gasteiger charge is 2.17. The lowest BCUT2D eigenvalue weighted by Crippen LogP contribution is -2.21. The van der Waals surface area contributed by atoms with Crippen molar-refractivity contribution in [2.75, 3.05) is 6.54 Å². The first-order valence-electron chi connectivity index (χ1n) is 5.61. The SMILES string of the molecule is CCNC(c1cccc(F)c1)c1scnc1C. The van der Waals surface area contributed by atoms with Crippen molar-refractivity contribution in [1.29, 1.82) is 0 Å². The maximum Gasteiger partial charge on any atom is 0.123 e. The highest BCUT2D eigenvalue weighted by molar-refractivity contribution is 7.09. The quantitative estimate of drug-likeness (QED) is 0.900. The van der Waals surface area contributed by atoms with E-state index in [9.17, 15) is 4.39 Å². The summed E-state index contributed by atoms with van der Waals surface area (Å²) in [4.78, 5) is 5.40. The number of halogens is 1. The number of rotatable bonds is 4. The lowest BCUT2D eigenvalue weighted by atomic mass is 10.0. The number of nitrogens with one attached hydrogen (secondary N) is 1. The molecular weight excluding hydrogens is 235 g/mol. The fraction of sp³-hybridized carbons (Fsp3) is 0.308. The van der Waals surface area contributed by atoms with Gasteiger partial charge in [0.2, 0.25) is 0 Å². The Bertz CT molecular complexity index is 496. The number of benzene rings is 1. The van der Waals surface area contributed by atoms with Crippen LogP contribution < -0.4 is 5.32 Å². The number of aryl methyl sites for hydroxylation is 1. The van der Waals surface area contributed by atoms with Gasteiger partial charge < -0.3 is 5.32 Å². The van der Waals surface area contributed by atoms with E-state index in [0.29, 0.717) is 0 Å². The van der Waals surface area contributed by atoms with Gasteiger partial charge in [-0.25, -0.2) is 9.37 Å². The van der Waals surface area contributed by atoms with Crippen LogP contribution in [-0.4, -0.2) is 11.5 Å². The van der Waals surface area contributed by atoms with Crippen LogP contribution in [0.1, 0.15) is 29.1 Å². The van der Waals surface area contributed by atoms with Crippen molar-refractivity contribution in [1.82, 2.24) is 10.3 Å². The van der Waals surface area contributed by atoms with Gasteiger partial charge in [0.05, 0.1) is 17.2 Å². The molecule has 1 atom stereocenters. The monoisotopic (exact) mass is 250 g/mol. The Morgan fingerprint density at radius 1 is 1.47 bits per heavy atom. The summed E-state index contributed by atoms with van der Waals surface area (Å²) in [6, 6.07) is 6.75. The molecule has 90 valence electrons. The van der Waals surface area contributed by atoms with Gasteiger partial charge in [-0.2, -0.15) is 0 Å².